The van der Waals surface area contributed by atoms with Gasteiger partial charge in [0, 0.05) is 30.7 Å². The van der Waals surface area contributed by atoms with Crippen LogP contribution < -0.4 is 0 Å². The van der Waals surface area contributed by atoms with Gasteiger partial charge < -0.3 is 30.6 Å². The summed E-state index contributed by atoms with van der Waals surface area (Å²) in [4.78, 5) is 0. The van der Waals surface area contributed by atoms with Gasteiger partial charge in [-0.3, -0.25) is 0 Å². The molecule has 0 aliphatic carbocycles. The van der Waals surface area contributed by atoms with E-state index in [0.717, 1.165) is 89.0 Å². The zero-order valence-corrected chi connectivity index (χ0v) is 46.8. The standard InChI is InChI=1S/3C10H20O.3C10H18O.CH4.3H2/c6*1-9(2)5-4-6-10(3)7-8-11;;;;/h3*5,10-11H,4,6-8H2,1-3H3;2*5,7,11H,4,6,8H2,1-3H3;5,11H,3-4,6-8H2,1-2H3;1H4;3*1H/b;;;10-7+;10-7-;;;;;. The third-order valence-corrected chi connectivity index (χ3v) is 10.1. The summed E-state index contributed by atoms with van der Waals surface area (Å²) in [5.41, 5.74) is 11.9. The first-order chi connectivity index (χ1) is 31.0. The predicted octanol–water partition coefficient (Wildman–Crippen LogP) is 17.6. The van der Waals surface area contributed by atoms with Crippen LogP contribution in [-0.2, 0) is 0 Å². The van der Waals surface area contributed by atoms with Crippen molar-refractivity contribution in [2.24, 2.45) is 17.8 Å². The molecule has 3 atom stereocenters. The maximum Gasteiger partial charge on any atom is 0.0614 e. The van der Waals surface area contributed by atoms with E-state index in [1.54, 1.807) is 0 Å². The maximum absolute atomic E-state index is 8.63. The lowest BCUT2D eigenvalue weighted by atomic mass is 10.0. The van der Waals surface area contributed by atoms with Crippen LogP contribution in [0.2, 0.25) is 0 Å². The zero-order valence-electron chi connectivity index (χ0n) is 46.8. The Balaban J connectivity index is -0.0000000763. The molecule has 6 nitrogen and oxygen atoms in total. The summed E-state index contributed by atoms with van der Waals surface area (Å²) in [6.45, 7) is 41.4. The molecule has 6 heteroatoms. The molecule has 0 saturated carbocycles. The molecule has 0 aromatic carbocycles. The summed E-state index contributed by atoms with van der Waals surface area (Å²) in [6.07, 6.45) is 34.1. The molecule has 0 saturated heterocycles. The molecule has 0 heterocycles. The van der Waals surface area contributed by atoms with E-state index >= 15 is 0 Å². The van der Waals surface area contributed by atoms with Gasteiger partial charge in [-0.15, -0.1) is 0 Å². The fourth-order valence-electron chi connectivity index (χ4n) is 5.60. The van der Waals surface area contributed by atoms with Gasteiger partial charge in [0.25, 0.3) is 0 Å². The molecule has 0 amide bonds. The van der Waals surface area contributed by atoms with Crippen molar-refractivity contribution >= 4 is 0 Å². The van der Waals surface area contributed by atoms with Gasteiger partial charge in [-0.1, -0.05) is 134 Å². The quantitative estimate of drug-likeness (QED) is 0.0435. The predicted molar refractivity (Wildman–Crippen MR) is 310 cm³/mol. The minimum Gasteiger partial charge on any atom is -0.396 e. The maximum atomic E-state index is 8.63. The van der Waals surface area contributed by atoms with Crippen molar-refractivity contribution in [3.05, 3.63) is 105 Å². The Kier molecular flexibility index (Phi) is 72.1. The van der Waals surface area contributed by atoms with E-state index in [4.69, 9.17) is 30.6 Å². The molecule has 0 bridgehead atoms. The van der Waals surface area contributed by atoms with E-state index in [0.29, 0.717) is 37.6 Å². The first-order valence-electron chi connectivity index (χ1n) is 25.4. The van der Waals surface area contributed by atoms with E-state index in [1.807, 2.05) is 12.2 Å². The summed E-state index contributed by atoms with van der Waals surface area (Å²) >= 11 is 0. The second-order valence-electron chi connectivity index (χ2n) is 19.6. The second-order valence-corrected chi connectivity index (χ2v) is 19.6. The fraction of sp³-hybridized carbons (Fsp3) is 0.705. The van der Waals surface area contributed by atoms with Crippen LogP contribution in [0.1, 0.15) is 232 Å². The largest absolute Gasteiger partial charge is 0.396 e. The van der Waals surface area contributed by atoms with Gasteiger partial charge in [-0.25, -0.2) is 0 Å². The highest BCUT2D eigenvalue weighted by molar-refractivity contribution is 5.03. The van der Waals surface area contributed by atoms with Gasteiger partial charge >= 0.3 is 0 Å². The van der Waals surface area contributed by atoms with E-state index in [-0.39, 0.29) is 31.5 Å². The smallest absolute Gasteiger partial charge is 0.0614 e. The second kappa shape index (κ2) is 61.4. The minimum atomic E-state index is 0. The van der Waals surface area contributed by atoms with E-state index in [2.05, 4.69) is 161 Å². The number of rotatable bonds is 28. The van der Waals surface area contributed by atoms with Crippen LogP contribution in [-0.4, -0.2) is 70.3 Å². The van der Waals surface area contributed by atoms with Crippen molar-refractivity contribution in [2.75, 3.05) is 39.6 Å². The van der Waals surface area contributed by atoms with E-state index in [9.17, 15) is 0 Å². The highest BCUT2D eigenvalue weighted by Gasteiger charge is 2.00. The molecule has 6 N–H and O–H groups in total. The summed E-state index contributed by atoms with van der Waals surface area (Å²) in [7, 11) is 0. The Morgan fingerprint density at radius 1 is 0.343 bits per heavy atom. The normalized spacial score (nSPS) is 11.6. The molecule has 0 radical (unpaired) electrons. The molecule has 0 aliphatic heterocycles. The van der Waals surface area contributed by atoms with Crippen molar-refractivity contribution in [3.63, 3.8) is 0 Å². The highest BCUT2D eigenvalue weighted by atomic mass is 16.3. The Labute approximate surface area is 424 Å². The molecular formula is C61H124O6. The molecule has 0 aromatic heterocycles. The lowest BCUT2D eigenvalue weighted by Crippen LogP contribution is -1.96. The minimum absolute atomic E-state index is 0. The third-order valence-electron chi connectivity index (χ3n) is 10.1. The van der Waals surface area contributed by atoms with Crippen LogP contribution in [0.5, 0.6) is 0 Å². The Morgan fingerprint density at radius 3 is 0.791 bits per heavy atom. The lowest BCUT2D eigenvalue weighted by molar-refractivity contribution is 0.258. The van der Waals surface area contributed by atoms with Gasteiger partial charge in [0.1, 0.15) is 0 Å². The van der Waals surface area contributed by atoms with Gasteiger partial charge in [0.05, 0.1) is 13.2 Å². The van der Waals surface area contributed by atoms with E-state index < -0.39 is 0 Å². The molecule has 0 fully saturated rings. The van der Waals surface area contributed by atoms with Crippen LogP contribution in [0.3, 0.4) is 0 Å². The van der Waals surface area contributed by atoms with Gasteiger partial charge in [-0.2, -0.15) is 0 Å². The molecule has 67 heavy (non-hydrogen) atoms. The SMILES string of the molecule is C.C=C(CCO)CCC=C(C)C.CC(C)=CCC/C(C)=C/CO.CC(C)=CCC/C(C)=C\CO.CC(C)=CCCC(C)CCO.CC(C)=CCCC(C)CCO.CC(C)=CCCC(C)CCO.[HH].[HH].[HH]. The average molecular weight is 954 g/mol. The van der Waals surface area contributed by atoms with Crippen LogP contribution in [0.15, 0.2) is 105 Å². The van der Waals surface area contributed by atoms with Crippen LogP contribution in [0, 0.1) is 17.8 Å². The van der Waals surface area contributed by atoms with Gasteiger partial charge in [0.2, 0.25) is 0 Å². The monoisotopic (exact) mass is 953 g/mol. The lowest BCUT2D eigenvalue weighted by Gasteiger charge is -2.06. The Bertz CT molecular complexity index is 1210. The summed E-state index contributed by atoms with van der Waals surface area (Å²) in [5.74, 6) is 1.99. The van der Waals surface area contributed by atoms with Crippen LogP contribution >= 0.6 is 0 Å². The molecule has 0 rings (SSSR count). The molecular weight excluding hydrogens is 829 g/mol. The first kappa shape index (κ1) is 78.6. The van der Waals surface area contributed by atoms with Crippen molar-refractivity contribution in [3.8, 4) is 0 Å². The van der Waals surface area contributed by atoms with Crippen molar-refractivity contribution in [2.45, 2.75) is 228 Å². The number of allylic oxidation sites excluding steroid dienone is 14. The molecule has 0 aliphatic rings. The zero-order chi connectivity index (χ0) is 52.1. The average Bonchev–Trinajstić information content (AvgIpc) is 3.19. The van der Waals surface area contributed by atoms with Crippen LogP contribution in [0.4, 0.5) is 0 Å². The molecule has 0 spiro atoms. The molecule has 3 unspecified atom stereocenters. The van der Waals surface area contributed by atoms with Crippen LogP contribution in [0.25, 0.3) is 0 Å². The van der Waals surface area contributed by atoms with E-state index in [1.165, 1.54) is 63.8 Å². The number of aliphatic hydroxyl groups excluding tert-OH is 6. The van der Waals surface area contributed by atoms with Gasteiger partial charge in [-0.05, 0) is 217 Å². The molecule has 0 aromatic rings. The van der Waals surface area contributed by atoms with Crippen molar-refractivity contribution in [1.82, 2.24) is 0 Å². The Morgan fingerprint density at radius 2 is 0.582 bits per heavy atom. The van der Waals surface area contributed by atoms with Crippen molar-refractivity contribution in [1.29, 1.82) is 0 Å². The topological polar surface area (TPSA) is 121 Å². The van der Waals surface area contributed by atoms with Crippen molar-refractivity contribution < 1.29 is 34.9 Å². The van der Waals surface area contributed by atoms with Gasteiger partial charge in [0.15, 0.2) is 0 Å². The molecule has 404 valence electrons. The number of aliphatic hydroxyl groups is 6. The first-order valence-corrected chi connectivity index (χ1v) is 25.4. The summed E-state index contributed by atoms with van der Waals surface area (Å²) in [6, 6.07) is 0. The summed E-state index contributed by atoms with van der Waals surface area (Å²) in [5, 5.41) is 51.6. The third kappa shape index (κ3) is 90.5. The summed E-state index contributed by atoms with van der Waals surface area (Å²) < 4.78 is 0. The Hall–Kier alpha value is -2.58. The number of hydrogen-bond acceptors (Lipinski definition) is 6. The highest BCUT2D eigenvalue weighted by Crippen LogP contribution is 2.13. The fourth-order valence-corrected chi connectivity index (χ4v) is 5.60. The number of hydrogen-bond donors (Lipinski definition) is 6.